The third-order valence-electron chi connectivity index (χ3n) is 2.78. The SMILES string of the molecule is CNC(C)(C)Cc1cn[nH]c1C(C)(C)C. The van der Waals surface area contributed by atoms with Gasteiger partial charge < -0.3 is 5.32 Å². The van der Waals surface area contributed by atoms with E-state index in [-0.39, 0.29) is 11.0 Å². The summed E-state index contributed by atoms with van der Waals surface area (Å²) in [6.07, 6.45) is 2.94. The highest BCUT2D eigenvalue weighted by Gasteiger charge is 2.24. The Morgan fingerprint density at radius 1 is 1.27 bits per heavy atom. The van der Waals surface area contributed by atoms with E-state index in [1.165, 1.54) is 11.3 Å². The molecule has 3 nitrogen and oxygen atoms in total. The van der Waals surface area contributed by atoms with Gasteiger partial charge in [-0.2, -0.15) is 5.10 Å². The van der Waals surface area contributed by atoms with Gasteiger partial charge in [0.15, 0.2) is 0 Å². The average Bonchev–Trinajstić information content (AvgIpc) is 2.50. The van der Waals surface area contributed by atoms with Gasteiger partial charge in [-0.1, -0.05) is 20.8 Å². The maximum atomic E-state index is 4.15. The molecule has 86 valence electrons. The Bertz CT molecular complexity index is 318. The van der Waals surface area contributed by atoms with Crippen molar-refractivity contribution in [2.45, 2.75) is 52.0 Å². The Morgan fingerprint density at radius 2 is 1.87 bits per heavy atom. The van der Waals surface area contributed by atoms with Gasteiger partial charge in [0.05, 0.1) is 6.20 Å². The summed E-state index contributed by atoms with van der Waals surface area (Å²) in [7, 11) is 2.00. The Kier molecular flexibility index (Phi) is 3.24. The minimum Gasteiger partial charge on any atom is -0.314 e. The second-order valence-corrected chi connectivity index (χ2v) is 5.83. The van der Waals surface area contributed by atoms with Gasteiger partial charge >= 0.3 is 0 Å². The summed E-state index contributed by atoms with van der Waals surface area (Å²) in [6.45, 7) is 11.0. The molecule has 1 heterocycles. The Balaban J connectivity index is 2.92. The van der Waals surface area contributed by atoms with E-state index in [0.29, 0.717) is 0 Å². The highest BCUT2D eigenvalue weighted by Crippen LogP contribution is 2.25. The minimum absolute atomic E-state index is 0.115. The molecular weight excluding hydrogens is 186 g/mol. The minimum atomic E-state index is 0.115. The lowest BCUT2D eigenvalue weighted by atomic mass is 9.85. The number of aromatic amines is 1. The van der Waals surface area contributed by atoms with E-state index < -0.39 is 0 Å². The molecule has 15 heavy (non-hydrogen) atoms. The van der Waals surface area contributed by atoms with Crippen molar-refractivity contribution in [3.05, 3.63) is 17.5 Å². The number of likely N-dealkylation sites (N-methyl/N-ethyl adjacent to an activating group) is 1. The van der Waals surface area contributed by atoms with Crippen LogP contribution in [-0.4, -0.2) is 22.8 Å². The molecule has 0 aliphatic rings. The lowest BCUT2D eigenvalue weighted by Crippen LogP contribution is -2.38. The van der Waals surface area contributed by atoms with E-state index in [4.69, 9.17) is 0 Å². The van der Waals surface area contributed by atoms with Crippen LogP contribution in [0.3, 0.4) is 0 Å². The van der Waals surface area contributed by atoms with Crippen molar-refractivity contribution in [2.24, 2.45) is 0 Å². The molecular formula is C12H23N3. The maximum absolute atomic E-state index is 4.15. The number of aromatic nitrogens is 2. The molecule has 0 radical (unpaired) electrons. The van der Waals surface area contributed by atoms with Crippen LogP contribution in [-0.2, 0) is 11.8 Å². The van der Waals surface area contributed by atoms with Crippen molar-refractivity contribution in [1.29, 1.82) is 0 Å². The number of nitrogens with one attached hydrogen (secondary N) is 2. The van der Waals surface area contributed by atoms with Gasteiger partial charge in [-0.25, -0.2) is 0 Å². The lowest BCUT2D eigenvalue weighted by molar-refractivity contribution is 0.417. The summed E-state index contributed by atoms with van der Waals surface area (Å²) in [6, 6.07) is 0. The molecule has 0 saturated carbocycles. The van der Waals surface area contributed by atoms with Gasteiger partial charge in [0.1, 0.15) is 0 Å². The number of hydrogen-bond donors (Lipinski definition) is 2. The molecule has 3 heteroatoms. The van der Waals surface area contributed by atoms with E-state index in [2.05, 4.69) is 50.1 Å². The third-order valence-corrected chi connectivity index (χ3v) is 2.78. The first kappa shape index (κ1) is 12.2. The molecule has 0 spiro atoms. The monoisotopic (exact) mass is 209 g/mol. The molecule has 0 aliphatic carbocycles. The summed E-state index contributed by atoms with van der Waals surface area (Å²) >= 11 is 0. The first-order valence-electron chi connectivity index (χ1n) is 5.48. The van der Waals surface area contributed by atoms with Crippen LogP contribution in [0.2, 0.25) is 0 Å². The highest BCUT2D eigenvalue weighted by molar-refractivity contribution is 5.25. The molecule has 0 saturated heterocycles. The fourth-order valence-corrected chi connectivity index (χ4v) is 1.66. The van der Waals surface area contributed by atoms with E-state index >= 15 is 0 Å². The number of H-pyrrole nitrogens is 1. The zero-order valence-corrected chi connectivity index (χ0v) is 10.7. The molecule has 0 fully saturated rings. The van der Waals surface area contributed by atoms with Crippen molar-refractivity contribution < 1.29 is 0 Å². The quantitative estimate of drug-likeness (QED) is 0.801. The van der Waals surface area contributed by atoms with E-state index in [0.717, 1.165) is 6.42 Å². The predicted molar refractivity (Wildman–Crippen MR) is 64.1 cm³/mol. The first-order valence-corrected chi connectivity index (χ1v) is 5.48. The van der Waals surface area contributed by atoms with E-state index in [1.807, 2.05) is 13.2 Å². The highest BCUT2D eigenvalue weighted by atomic mass is 15.1. The number of rotatable bonds is 3. The van der Waals surface area contributed by atoms with Crippen LogP contribution in [0, 0.1) is 0 Å². The number of nitrogens with zero attached hydrogens (tertiary/aromatic N) is 1. The van der Waals surface area contributed by atoms with Gasteiger partial charge in [0, 0.05) is 16.6 Å². The van der Waals surface area contributed by atoms with E-state index in [1.54, 1.807) is 0 Å². The second-order valence-electron chi connectivity index (χ2n) is 5.83. The zero-order chi connectivity index (χ0) is 11.7. The third kappa shape index (κ3) is 3.06. The summed E-state index contributed by atoms with van der Waals surface area (Å²) in [5, 5.41) is 10.6. The predicted octanol–water partition coefficient (Wildman–Crippen LogP) is 2.25. The summed E-state index contributed by atoms with van der Waals surface area (Å²) in [5.74, 6) is 0. The van der Waals surface area contributed by atoms with Crippen molar-refractivity contribution in [1.82, 2.24) is 15.5 Å². The van der Waals surface area contributed by atoms with Gasteiger partial charge in [0.25, 0.3) is 0 Å². The first-order chi connectivity index (χ1) is 6.76. The molecule has 1 aromatic rings. The van der Waals surface area contributed by atoms with Crippen LogP contribution in [0.4, 0.5) is 0 Å². The van der Waals surface area contributed by atoms with Gasteiger partial charge in [-0.05, 0) is 32.9 Å². The average molecular weight is 209 g/mol. The van der Waals surface area contributed by atoms with E-state index in [9.17, 15) is 0 Å². The Labute approximate surface area is 92.7 Å². The summed E-state index contributed by atoms with van der Waals surface area (Å²) in [4.78, 5) is 0. The molecule has 1 aromatic heterocycles. The fourth-order valence-electron chi connectivity index (χ4n) is 1.66. The molecule has 1 rings (SSSR count). The van der Waals surface area contributed by atoms with Crippen LogP contribution in [0.1, 0.15) is 45.9 Å². The standard InChI is InChI=1S/C12H23N3/c1-11(2,3)10-9(8-14-15-10)7-12(4,5)13-6/h8,13H,7H2,1-6H3,(H,14,15). The largest absolute Gasteiger partial charge is 0.314 e. The van der Waals surface area contributed by atoms with Crippen LogP contribution in [0.15, 0.2) is 6.20 Å². The van der Waals surface area contributed by atoms with Crippen molar-refractivity contribution >= 4 is 0 Å². The van der Waals surface area contributed by atoms with Gasteiger partial charge in [0.2, 0.25) is 0 Å². The summed E-state index contributed by atoms with van der Waals surface area (Å²) in [5.41, 5.74) is 2.80. The fraction of sp³-hybridized carbons (Fsp3) is 0.750. The normalized spacial score (nSPS) is 13.2. The molecule has 2 N–H and O–H groups in total. The Morgan fingerprint density at radius 3 is 2.33 bits per heavy atom. The van der Waals surface area contributed by atoms with Crippen LogP contribution < -0.4 is 5.32 Å². The van der Waals surface area contributed by atoms with Gasteiger partial charge in [-0.3, -0.25) is 5.10 Å². The number of hydrogen-bond acceptors (Lipinski definition) is 2. The van der Waals surface area contributed by atoms with Crippen LogP contribution >= 0.6 is 0 Å². The van der Waals surface area contributed by atoms with Crippen molar-refractivity contribution in [2.75, 3.05) is 7.05 Å². The van der Waals surface area contributed by atoms with Gasteiger partial charge in [-0.15, -0.1) is 0 Å². The Hall–Kier alpha value is -0.830. The summed E-state index contributed by atoms with van der Waals surface area (Å²) < 4.78 is 0. The van der Waals surface area contributed by atoms with Crippen molar-refractivity contribution in [3.63, 3.8) is 0 Å². The van der Waals surface area contributed by atoms with Crippen molar-refractivity contribution in [3.8, 4) is 0 Å². The van der Waals surface area contributed by atoms with Crippen LogP contribution in [0.25, 0.3) is 0 Å². The molecule has 0 aromatic carbocycles. The molecule has 0 aliphatic heterocycles. The molecule has 0 amide bonds. The topological polar surface area (TPSA) is 40.7 Å². The molecule has 0 unspecified atom stereocenters. The van der Waals surface area contributed by atoms with Crippen LogP contribution in [0.5, 0.6) is 0 Å². The smallest absolute Gasteiger partial charge is 0.0523 e. The maximum Gasteiger partial charge on any atom is 0.0523 e. The molecule has 0 atom stereocenters. The lowest BCUT2D eigenvalue weighted by Gasteiger charge is -2.26. The molecule has 0 bridgehead atoms. The second kappa shape index (κ2) is 3.97. The zero-order valence-electron chi connectivity index (χ0n) is 10.7.